The molecule has 2 rings (SSSR count). The summed E-state index contributed by atoms with van der Waals surface area (Å²) in [6, 6.07) is 0. The maximum atomic E-state index is 4.44. The molecule has 0 bridgehead atoms. The topological polar surface area (TPSA) is 42.7 Å². The second kappa shape index (κ2) is 5.93. The number of aromatic nitrogens is 3. The van der Waals surface area contributed by atoms with Crippen LogP contribution in [0.2, 0.25) is 0 Å². The van der Waals surface area contributed by atoms with Crippen molar-refractivity contribution >= 4 is 11.3 Å². The number of hydrogen-bond donors (Lipinski definition) is 1. The maximum Gasteiger partial charge on any atom is 0.122 e. The number of imidazole rings is 1. The third-order valence-corrected chi connectivity index (χ3v) is 3.63. The number of hydrogen-bond acceptors (Lipinski definition) is 4. The van der Waals surface area contributed by atoms with Crippen LogP contribution in [0.25, 0.3) is 0 Å². The Hall–Kier alpha value is -1.20. The molecule has 0 amide bonds. The largest absolute Gasteiger partial charge is 0.334 e. The first-order valence-electron chi connectivity index (χ1n) is 5.91. The lowest BCUT2D eigenvalue weighted by molar-refractivity contribution is 0.612. The van der Waals surface area contributed by atoms with Crippen LogP contribution in [0.5, 0.6) is 0 Å². The fourth-order valence-corrected chi connectivity index (χ4v) is 2.48. The molecule has 0 saturated carbocycles. The highest BCUT2D eigenvalue weighted by atomic mass is 32.1. The van der Waals surface area contributed by atoms with Crippen molar-refractivity contribution in [2.75, 3.05) is 6.54 Å². The molecular weight excluding hydrogens is 232 g/mol. The first kappa shape index (κ1) is 12.3. The number of thiazole rings is 1. The van der Waals surface area contributed by atoms with E-state index in [9.17, 15) is 0 Å². The molecule has 0 aliphatic rings. The molecule has 17 heavy (non-hydrogen) atoms. The van der Waals surface area contributed by atoms with Crippen LogP contribution in [0.4, 0.5) is 0 Å². The fraction of sp³-hybridized carbons (Fsp3) is 0.500. The zero-order valence-corrected chi connectivity index (χ0v) is 11.1. The van der Waals surface area contributed by atoms with Crippen LogP contribution in [-0.2, 0) is 19.5 Å². The van der Waals surface area contributed by atoms with E-state index in [4.69, 9.17) is 0 Å². The standard InChI is InChI=1S/C12H18N4S/c1-3-16-7-6-14-11(16)8-13-5-4-12-15-10(2)9-17-12/h6-7,9,13H,3-5,8H2,1-2H3. The number of rotatable bonds is 6. The van der Waals surface area contributed by atoms with Crippen LogP contribution in [0.3, 0.4) is 0 Å². The van der Waals surface area contributed by atoms with Crippen LogP contribution >= 0.6 is 11.3 Å². The fourth-order valence-electron chi connectivity index (χ4n) is 1.71. The minimum absolute atomic E-state index is 0.825. The van der Waals surface area contributed by atoms with Crippen molar-refractivity contribution in [1.29, 1.82) is 0 Å². The Bertz CT molecular complexity index is 461. The Morgan fingerprint density at radius 1 is 1.47 bits per heavy atom. The van der Waals surface area contributed by atoms with Gasteiger partial charge in [0.25, 0.3) is 0 Å². The molecule has 4 nitrogen and oxygen atoms in total. The van der Waals surface area contributed by atoms with E-state index in [2.05, 4.69) is 32.2 Å². The molecule has 0 radical (unpaired) electrons. The molecule has 1 N–H and O–H groups in total. The first-order valence-corrected chi connectivity index (χ1v) is 6.79. The van der Waals surface area contributed by atoms with E-state index < -0.39 is 0 Å². The van der Waals surface area contributed by atoms with Crippen molar-refractivity contribution in [3.63, 3.8) is 0 Å². The molecule has 0 aliphatic heterocycles. The van der Waals surface area contributed by atoms with Gasteiger partial charge in [-0.25, -0.2) is 9.97 Å². The molecule has 0 aliphatic carbocycles. The second-order valence-corrected chi connectivity index (χ2v) is 4.88. The molecule has 0 unspecified atom stereocenters. The smallest absolute Gasteiger partial charge is 0.122 e. The van der Waals surface area contributed by atoms with Gasteiger partial charge in [-0.15, -0.1) is 11.3 Å². The van der Waals surface area contributed by atoms with Crippen LogP contribution < -0.4 is 5.32 Å². The summed E-state index contributed by atoms with van der Waals surface area (Å²) < 4.78 is 2.15. The monoisotopic (exact) mass is 250 g/mol. The summed E-state index contributed by atoms with van der Waals surface area (Å²) in [7, 11) is 0. The average Bonchev–Trinajstić information content (AvgIpc) is 2.93. The number of nitrogens with zero attached hydrogens (tertiary/aromatic N) is 3. The van der Waals surface area contributed by atoms with Gasteiger partial charge in [0.1, 0.15) is 5.82 Å². The minimum Gasteiger partial charge on any atom is -0.334 e. The summed E-state index contributed by atoms with van der Waals surface area (Å²) in [5.74, 6) is 1.10. The van der Waals surface area contributed by atoms with Gasteiger partial charge in [-0.05, 0) is 13.8 Å². The Balaban J connectivity index is 1.73. The van der Waals surface area contributed by atoms with Crippen molar-refractivity contribution in [3.8, 4) is 0 Å². The average molecular weight is 250 g/mol. The summed E-state index contributed by atoms with van der Waals surface area (Å²) in [5, 5.41) is 6.70. The van der Waals surface area contributed by atoms with E-state index in [-0.39, 0.29) is 0 Å². The lowest BCUT2D eigenvalue weighted by Crippen LogP contribution is -2.19. The summed E-state index contributed by atoms with van der Waals surface area (Å²) in [5.41, 5.74) is 1.12. The molecule has 0 saturated heterocycles. The first-order chi connectivity index (χ1) is 8.29. The van der Waals surface area contributed by atoms with Gasteiger partial charge in [-0.3, -0.25) is 0 Å². The van der Waals surface area contributed by atoms with Crippen molar-refractivity contribution in [1.82, 2.24) is 19.9 Å². The predicted octanol–water partition coefficient (Wildman–Crippen LogP) is 2.00. The zero-order chi connectivity index (χ0) is 12.1. The molecule has 2 aromatic rings. The minimum atomic E-state index is 0.825. The lowest BCUT2D eigenvalue weighted by atomic mass is 10.4. The molecule has 0 atom stereocenters. The van der Waals surface area contributed by atoms with E-state index in [0.717, 1.165) is 37.6 Å². The molecule has 0 fully saturated rings. The Labute approximate surface area is 106 Å². The van der Waals surface area contributed by atoms with E-state index in [1.807, 2.05) is 19.3 Å². The number of nitrogens with one attached hydrogen (secondary N) is 1. The third kappa shape index (κ3) is 3.38. The Morgan fingerprint density at radius 2 is 2.35 bits per heavy atom. The van der Waals surface area contributed by atoms with Crippen LogP contribution in [0.1, 0.15) is 23.4 Å². The van der Waals surface area contributed by atoms with Crippen molar-refractivity contribution in [2.24, 2.45) is 0 Å². The molecule has 2 aromatic heterocycles. The van der Waals surface area contributed by atoms with Crippen LogP contribution in [0, 0.1) is 6.92 Å². The second-order valence-electron chi connectivity index (χ2n) is 3.94. The van der Waals surface area contributed by atoms with E-state index >= 15 is 0 Å². The van der Waals surface area contributed by atoms with E-state index in [0.29, 0.717) is 0 Å². The molecule has 92 valence electrons. The third-order valence-electron chi connectivity index (χ3n) is 2.61. The summed E-state index contributed by atoms with van der Waals surface area (Å²) in [6.45, 7) is 6.91. The van der Waals surface area contributed by atoms with Gasteiger partial charge in [-0.1, -0.05) is 0 Å². The van der Waals surface area contributed by atoms with Crippen molar-refractivity contribution < 1.29 is 0 Å². The predicted molar refractivity (Wildman–Crippen MR) is 70.2 cm³/mol. The highest BCUT2D eigenvalue weighted by Crippen LogP contribution is 2.08. The summed E-state index contributed by atoms with van der Waals surface area (Å²) in [6.07, 6.45) is 4.86. The van der Waals surface area contributed by atoms with Gasteiger partial charge in [0.15, 0.2) is 0 Å². The van der Waals surface area contributed by atoms with E-state index in [1.165, 1.54) is 5.01 Å². The van der Waals surface area contributed by atoms with E-state index in [1.54, 1.807) is 11.3 Å². The molecule has 0 spiro atoms. The van der Waals surface area contributed by atoms with Gasteiger partial charge in [0.2, 0.25) is 0 Å². The molecule has 0 aromatic carbocycles. The highest BCUT2D eigenvalue weighted by molar-refractivity contribution is 7.09. The van der Waals surface area contributed by atoms with Crippen molar-refractivity contribution in [2.45, 2.75) is 33.4 Å². The molecule has 2 heterocycles. The highest BCUT2D eigenvalue weighted by Gasteiger charge is 2.01. The van der Waals surface area contributed by atoms with Gasteiger partial charge in [0, 0.05) is 43.0 Å². The number of aryl methyl sites for hydroxylation is 2. The molecule has 5 heteroatoms. The Kier molecular flexibility index (Phi) is 4.28. The van der Waals surface area contributed by atoms with Gasteiger partial charge in [0.05, 0.1) is 11.6 Å². The zero-order valence-electron chi connectivity index (χ0n) is 10.3. The maximum absolute atomic E-state index is 4.44. The quantitative estimate of drug-likeness (QED) is 0.797. The van der Waals surface area contributed by atoms with Crippen LogP contribution in [-0.4, -0.2) is 21.1 Å². The van der Waals surface area contributed by atoms with Crippen molar-refractivity contribution in [3.05, 3.63) is 34.3 Å². The molecular formula is C12H18N4S. The summed E-state index contributed by atoms with van der Waals surface area (Å²) >= 11 is 1.73. The van der Waals surface area contributed by atoms with Gasteiger partial charge >= 0.3 is 0 Å². The summed E-state index contributed by atoms with van der Waals surface area (Å²) in [4.78, 5) is 8.76. The van der Waals surface area contributed by atoms with Gasteiger partial charge < -0.3 is 9.88 Å². The van der Waals surface area contributed by atoms with Gasteiger partial charge in [-0.2, -0.15) is 0 Å². The normalized spacial score (nSPS) is 10.9. The lowest BCUT2D eigenvalue weighted by Gasteiger charge is -2.05. The SMILES string of the molecule is CCn1ccnc1CNCCc1nc(C)cs1. The Morgan fingerprint density at radius 3 is 3.06 bits per heavy atom. The van der Waals surface area contributed by atoms with Crippen LogP contribution in [0.15, 0.2) is 17.8 Å².